The van der Waals surface area contributed by atoms with Gasteiger partial charge in [0.15, 0.2) is 0 Å². The highest BCUT2D eigenvalue weighted by atomic mass is 79.9. The van der Waals surface area contributed by atoms with Crippen LogP contribution >= 0.6 is 39.5 Å². The first-order valence-corrected chi connectivity index (χ1v) is 7.20. The number of thiophene rings is 1. The highest BCUT2D eigenvalue weighted by molar-refractivity contribution is 9.10. The molecule has 0 saturated heterocycles. The van der Waals surface area contributed by atoms with Gasteiger partial charge in [-0.25, -0.2) is 4.39 Å². The van der Waals surface area contributed by atoms with Crippen LogP contribution < -0.4 is 11.1 Å². The minimum Gasteiger partial charge on any atom is -0.389 e. The normalized spacial score (nSPS) is 10.3. The summed E-state index contributed by atoms with van der Waals surface area (Å²) in [6.07, 6.45) is 0. The molecule has 0 aliphatic rings. The molecule has 3 N–H and O–H groups in total. The van der Waals surface area contributed by atoms with Gasteiger partial charge < -0.3 is 11.1 Å². The number of halogens is 2. The van der Waals surface area contributed by atoms with Crippen LogP contribution in [0.2, 0.25) is 0 Å². The SMILES string of the molecule is NC(=S)c1ccc(NCc2cc(Br)cs2)cc1F. The lowest BCUT2D eigenvalue weighted by molar-refractivity contribution is 0.626. The molecule has 0 unspecified atom stereocenters. The van der Waals surface area contributed by atoms with Gasteiger partial charge in [-0.3, -0.25) is 0 Å². The zero-order valence-corrected chi connectivity index (χ0v) is 12.5. The molecule has 0 aliphatic carbocycles. The molecule has 0 radical (unpaired) electrons. The number of nitrogens with two attached hydrogens (primary N) is 1. The number of thiocarbonyl (C=S) groups is 1. The molecule has 2 aromatic rings. The Labute approximate surface area is 122 Å². The van der Waals surface area contributed by atoms with Crippen molar-refractivity contribution in [2.24, 2.45) is 5.73 Å². The first-order valence-electron chi connectivity index (χ1n) is 5.12. The van der Waals surface area contributed by atoms with Gasteiger partial charge in [0, 0.05) is 32.5 Å². The van der Waals surface area contributed by atoms with Gasteiger partial charge in [0.05, 0.1) is 0 Å². The Morgan fingerprint density at radius 1 is 1.44 bits per heavy atom. The lowest BCUT2D eigenvalue weighted by atomic mass is 10.2. The maximum Gasteiger partial charge on any atom is 0.135 e. The maximum atomic E-state index is 13.6. The summed E-state index contributed by atoms with van der Waals surface area (Å²) in [5.41, 5.74) is 6.38. The number of nitrogens with one attached hydrogen (secondary N) is 1. The van der Waals surface area contributed by atoms with Gasteiger partial charge in [0.2, 0.25) is 0 Å². The van der Waals surface area contributed by atoms with E-state index in [1.54, 1.807) is 23.5 Å². The molecule has 6 heteroatoms. The van der Waals surface area contributed by atoms with Crippen molar-refractivity contribution in [2.75, 3.05) is 5.32 Å². The Morgan fingerprint density at radius 3 is 2.78 bits per heavy atom. The molecule has 1 heterocycles. The third kappa shape index (κ3) is 3.28. The number of anilines is 1. The van der Waals surface area contributed by atoms with E-state index in [4.69, 9.17) is 18.0 Å². The number of hydrogen-bond donors (Lipinski definition) is 2. The molecule has 94 valence electrons. The molecule has 0 fully saturated rings. The number of rotatable bonds is 4. The third-order valence-electron chi connectivity index (χ3n) is 2.32. The average Bonchev–Trinajstić information content (AvgIpc) is 2.72. The zero-order chi connectivity index (χ0) is 13.1. The van der Waals surface area contributed by atoms with Crippen LogP contribution in [0.4, 0.5) is 10.1 Å². The fourth-order valence-electron chi connectivity index (χ4n) is 1.46. The van der Waals surface area contributed by atoms with Crippen molar-refractivity contribution in [1.82, 2.24) is 0 Å². The first kappa shape index (κ1) is 13.5. The smallest absolute Gasteiger partial charge is 0.135 e. The van der Waals surface area contributed by atoms with E-state index in [1.165, 1.54) is 10.9 Å². The molecule has 1 aromatic carbocycles. The van der Waals surface area contributed by atoms with E-state index in [2.05, 4.69) is 21.2 Å². The Bertz CT molecular complexity index is 583. The number of benzene rings is 1. The lowest BCUT2D eigenvalue weighted by Crippen LogP contribution is -2.11. The molecular weight excluding hydrogens is 335 g/mol. The van der Waals surface area contributed by atoms with Gasteiger partial charge in [-0.2, -0.15) is 0 Å². The molecule has 2 rings (SSSR count). The second kappa shape index (κ2) is 5.77. The Morgan fingerprint density at radius 2 is 2.22 bits per heavy atom. The topological polar surface area (TPSA) is 38.0 Å². The van der Waals surface area contributed by atoms with Crippen LogP contribution in [0.3, 0.4) is 0 Å². The average molecular weight is 345 g/mol. The fourth-order valence-corrected chi connectivity index (χ4v) is 3.02. The summed E-state index contributed by atoms with van der Waals surface area (Å²) in [7, 11) is 0. The standard InChI is InChI=1S/C12H10BrFN2S2/c13-7-3-9(18-6-7)5-16-8-1-2-10(12(15)17)11(14)4-8/h1-4,6,16H,5H2,(H2,15,17). The van der Waals surface area contributed by atoms with Gasteiger partial charge in [-0.05, 0) is 40.2 Å². The largest absolute Gasteiger partial charge is 0.389 e. The molecule has 0 atom stereocenters. The van der Waals surface area contributed by atoms with Crippen LogP contribution in [0.1, 0.15) is 10.4 Å². The first-order chi connectivity index (χ1) is 8.56. The summed E-state index contributed by atoms with van der Waals surface area (Å²) in [6.45, 7) is 0.655. The monoisotopic (exact) mass is 344 g/mol. The molecule has 1 aromatic heterocycles. The summed E-state index contributed by atoms with van der Waals surface area (Å²) in [5.74, 6) is -0.403. The van der Waals surface area contributed by atoms with E-state index in [0.717, 1.165) is 4.47 Å². The minimum atomic E-state index is -0.403. The van der Waals surface area contributed by atoms with Gasteiger partial charge in [0.1, 0.15) is 10.8 Å². The van der Waals surface area contributed by atoms with E-state index in [-0.39, 0.29) is 10.6 Å². The van der Waals surface area contributed by atoms with Crippen molar-refractivity contribution in [2.45, 2.75) is 6.54 Å². The summed E-state index contributed by atoms with van der Waals surface area (Å²) < 4.78 is 14.7. The Balaban J connectivity index is 2.06. The predicted molar refractivity (Wildman–Crippen MR) is 81.6 cm³/mol. The van der Waals surface area contributed by atoms with Gasteiger partial charge >= 0.3 is 0 Å². The molecule has 2 nitrogen and oxygen atoms in total. The second-order valence-corrected chi connectivity index (χ2v) is 5.99. The van der Waals surface area contributed by atoms with E-state index in [9.17, 15) is 4.39 Å². The Hall–Kier alpha value is -0.980. The molecule has 0 bridgehead atoms. The van der Waals surface area contributed by atoms with Gasteiger partial charge in [-0.15, -0.1) is 11.3 Å². The molecule has 0 saturated carbocycles. The quantitative estimate of drug-likeness (QED) is 0.826. The summed E-state index contributed by atoms with van der Waals surface area (Å²) in [4.78, 5) is 1.24. The molecule has 0 amide bonds. The van der Waals surface area contributed by atoms with E-state index < -0.39 is 5.82 Å². The van der Waals surface area contributed by atoms with Crippen molar-refractivity contribution in [3.05, 3.63) is 50.4 Å². The van der Waals surface area contributed by atoms with Gasteiger partial charge in [-0.1, -0.05) is 12.2 Å². The van der Waals surface area contributed by atoms with Crippen molar-refractivity contribution in [3.8, 4) is 0 Å². The second-order valence-electron chi connectivity index (χ2n) is 3.64. The van der Waals surface area contributed by atoms with Crippen LogP contribution in [-0.4, -0.2) is 4.99 Å². The zero-order valence-electron chi connectivity index (χ0n) is 9.24. The molecular formula is C12H10BrFN2S2. The lowest BCUT2D eigenvalue weighted by Gasteiger charge is -2.07. The van der Waals surface area contributed by atoms with Crippen LogP contribution in [0.25, 0.3) is 0 Å². The van der Waals surface area contributed by atoms with Crippen molar-refractivity contribution < 1.29 is 4.39 Å². The third-order valence-corrected chi connectivity index (χ3v) is 4.24. The van der Waals surface area contributed by atoms with Crippen molar-refractivity contribution in [3.63, 3.8) is 0 Å². The van der Waals surface area contributed by atoms with Crippen LogP contribution in [0, 0.1) is 5.82 Å². The van der Waals surface area contributed by atoms with Crippen LogP contribution in [-0.2, 0) is 6.54 Å². The van der Waals surface area contributed by atoms with Gasteiger partial charge in [0.25, 0.3) is 0 Å². The van der Waals surface area contributed by atoms with Crippen molar-refractivity contribution in [1.29, 1.82) is 0 Å². The van der Waals surface area contributed by atoms with Crippen LogP contribution in [0.5, 0.6) is 0 Å². The Kier molecular flexibility index (Phi) is 4.31. The van der Waals surface area contributed by atoms with E-state index in [0.29, 0.717) is 12.2 Å². The summed E-state index contributed by atoms with van der Waals surface area (Å²) in [6, 6.07) is 6.78. The minimum absolute atomic E-state index is 0.0706. The molecule has 0 spiro atoms. The van der Waals surface area contributed by atoms with Crippen LogP contribution in [0.15, 0.2) is 34.1 Å². The summed E-state index contributed by atoms with van der Waals surface area (Å²) in [5, 5.41) is 5.15. The van der Waals surface area contributed by atoms with E-state index >= 15 is 0 Å². The highest BCUT2D eigenvalue weighted by Crippen LogP contribution is 2.21. The summed E-state index contributed by atoms with van der Waals surface area (Å²) >= 11 is 9.78. The maximum absolute atomic E-state index is 13.6. The molecule has 18 heavy (non-hydrogen) atoms. The molecule has 0 aliphatic heterocycles. The number of hydrogen-bond acceptors (Lipinski definition) is 3. The highest BCUT2D eigenvalue weighted by Gasteiger charge is 2.06. The predicted octanol–water partition coefficient (Wildman–Crippen LogP) is 3.90. The van der Waals surface area contributed by atoms with E-state index in [1.807, 2.05) is 11.4 Å². The fraction of sp³-hybridized carbons (Fsp3) is 0.0833. The van der Waals surface area contributed by atoms with Crippen molar-refractivity contribution >= 4 is 50.2 Å².